The monoisotopic (exact) mass is 286 g/mol. The van der Waals surface area contributed by atoms with Crippen LogP contribution in [-0.2, 0) is 0 Å². The molecule has 0 radical (unpaired) electrons. The lowest BCUT2D eigenvalue weighted by Crippen LogP contribution is -2.13. The lowest BCUT2D eigenvalue weighted by atomic mass is 10.00. The number of aryl methyl sites for hydroxylation is 1. The number of benzene rings is 1. The van der Waals surface area contributed by atoms with E-state index in [0.29, 0.717) is 29.2 Å². The Labute approximate surface area is 121 Å². The van der Waals surface area contributed by atoms with Gasteiger partial charge in [-0.3, -0.25) is 4.79 Å². The van der Waals surface area contributed by atoms with E-state index in [0.717, 1.165) is 6.42 Å². The first-order valence-electron chi connectivity index (χ1n) is 6.63. The predicted octanol–water partition coefficient (Wildman–Crippen LogP) is 3.15. The number of aromatic nitrogens is 1. The van der Waals surface area contributed by atoms with Crippen LogP contribution >= 0.6 is 0 Å². The number of ether oxygens (including phenoxy) is 1. The van der Waals surface area contributed by atoms with Crippen molar-refractivity contribution in [1.82, 2.24) is 4.98 Å². The molecule has 2 aromatic rings. The molecule has 0 spiro atoms. The third kappa shape index (κ3) is 3.11. The third-order valence-electron chi connectivity index (χ3n) is 2.98. The second-order valence-corrected chi connectivity index (χ2v) is 4.67. The average molecular weight is 286 g/mol. The summed E-state index contributed by atoms with van der Waals surface area (Å²) in [6, 6.07) is 7.65. The molecule has 0 fully saturated rings. The number of halogens is 1. The number of nitriles is 1. The number of nitrogens with one attached hydrogen (secondary N) is 1. The van der Waals surface area contributed by atoms with Crippen molar-refractivity contribution in [3.8, 4) is 22.9 Å². The van der Waals surface area contributed by atoms with E-state index in [2.05, 4.69) is 4.98 Å². The van der Waals surface area contributed by atoms with Crippen molar-refractivity contribution >= 4 is 0 Å². The van der Waals surface area contributed by atoms with Gasteiger partial charge in [0.2, 0.25) is 0 Å². The topological polar surface area (TPSA) is 65.9 Å². The van der Waals surface area contributed by atoms with Gasteiger partial charge in [-0.05, 0) is 31.5 Å². The van der Waals surface area contributed by atoms with Crippen molar-refractivity contribution < 1.29 is 9.13 Å². The zero-order chi connectivity index (χ0) is 15.4. The van der Waals surface area contributed by atoms with Gasteiger partial charge in [0.05, 0.1) is 6.61 Å². The molecule has 0 saturated heterocycles. The summed E-state index contributed by atoms with van der Waals surface area (Å²) >= 11 is 0. The molecule has 0 aliphatic heterocycles. The van der Waals surface area contributed by atoms with Gasteiger partial charge in [-0.15, -0.1) is 0 Å². The maximum atomic E-state index is 13.4. The van der Waals surface area contributed by atoms with E-state index in [9.17, 15) is 14.4 Å². The molecule has 0 atom stereocenters. The third-order valence-corrected chi connectivity index (χ3v) is 2.98. The Morgan fingerprint density at radius 2 is 2.10 bits per heavy atom. The molecule has 1 heterocycles. The molecule has 21 heavy (non-hydrogen) atoms. The zero-order valence-corrected chi connectivity index (χ0v) is 11.9. The summed E-state index contributed by atoms with van der Waals surface area (Å²) in [6.45, 7) is 4.10. The fourth-order valence-corrected chi connectivity index (χ4v) is 2.06. The van der Waals surface area contributed by atoms with Gasteiger partial charge in [0.25, 0.3) is 5.56 Å². The zero-order valence-electron chi connectivity index (χ0n) is 11.9. The first-order chi connectivity index (χ1) is 10.1. The lowest BCUT2D eigenvalue weighted by molar-refractivity contribution is 0.317. The molecule has 0 aliphatic carbocycles. The number of rotatable bonds is 4. The van der Waals surface area contributed by atoms with Crippen LogP contribution in [0.15, 0.2) is 29.1 Å². The predicted molar refractivity (Wildman–Crippen MR) is 77.7 cm³/mol. The molecule has 1 aromatic heterocycles. The molecule has 5 heteroatoms. The van der Waals surface area contributed by atoms with Crippen LogP contribution in [0.5, 0.6) is 5.75 Å². The van der Waals surface area contributed by atoms with Crippen LogP contribution in [0.3, 0.4) is 0 Å². The minimum Gasteiger partial charge on any atom is -0.493 e. The van der Waals surface area contributed by atoms with Crippen molar-refractivity contribution in [3.63, 3.8) is 0 Å². The van der Waals surface area contributed by atoms with E-state index in [1.54, 1.807) is 13.0 Å². The van der Waals surface area contributed by atoms with Crippen LogP contribution in [0.1, 0.15) is 24.6 Å². The number of H-pyrrole nitrogens is 1. The van der Waals surface area contributed by atoms with Crippen molar-refractivity contribution in [2.24, 2.45) is 0 Å². The Kier molecular flexibility index (Phi) is 4.39. The number of nitrogens with zero attached hydrogens (tertiary/aromatic N) is 1. The van der Waals surface area contributed by atoms with Crippen LogP contribution < -0.4 is 10.3 Å². The summed E-state index contributed by atoms with van der Waals surface area (Å²) in [5, 5.41) is 9.19. The number of pyridine rings is 1. The van der Waals surface area contributed by atoms with Crippen molar-refractivity contribution in [1.29, 1.82) is 5.26 Å². The fourth-order valence-electron chi connectivity index (χ4n) is 2.06. The normalized spacial score (nSPS) is 10.2. The second-order valence-electron chi connectivity index (χ2n) is 4.67. The van der Waals surface area contributed by atoms with Crippen molar-refractivity contribution in [2.75, 3.05) is 6.61 Å². The molecule has 1 aromatic carbocycles. The average Bonchev–Trinajstić information content (AvgIpc) is 2.44. The van der Waals surface area contributed by atoms with E-state index >= 15 is 0 Å². The molecule has 108 valence electrons. The molecule has 4 nitrogen and oxygen atoms in total. The van der Waals surface area contributed by atoms with Gasteiger partial charge in [-0.2, -0.15) is 5.26 Å². The summed E-state index contributed by atoms with van der Waals surface area (Å²) in [5.74, 6) is -0.0942. The smallest absolute Gasteiger partial charge is 0.266 e. The Morgan fingerprint density at radius 3 is 2.76 bits per heavy atom. The minimum absolute atomic E-state index is 0.00597. The molecular weight excluding hydrogens is 271 g/mol. The number of hydrogen-bond donors (Lipinski definition) is 1. The van der Waals surface area contributed by atoms with E-state index < -0.39 is 11.4 Å². The summed E-state index contributed by atoms with van der Waals surface area (Å²) < 4.78 is 19.0. The summed E-state index contributed by atoms with van der Waals surface area (Å²) in [7, 11) is 0. The van der Waals surface area contributed by atoms with Crippen molar-refractivity contribution in [3.05, 3.63) is 51.7 Å². The Hall–Kier alpha value is -2.61. The van der Waals surface area contributed by atoms with Crippen LogP contribution in [0.2, 0.25) is 0 Å². The van der Waals surface area contributed by atoms with Gasteiger partial charge in [-0.1, -0.05) is 6.92 Å². The Bertz CT molecular complexity index is 760. The highest BCUT2D eigenvalue weighted by molar-refractivity contribution is 5.75. The largest absolute Gasteiger partial charge is 0.493 e. The quantitative estimate of drug-likeness (QED) is 0.939. The van der Waals surface area contributed by atoms with Gasteiger partial charge in [0.15, 0.2) is 0 Å². The summed E-state index contributed by atoms with van der Waals surface area (Å²) in [4.78, 5) is 14.4. The van der Waals surface area contributed by atoms with Gasteiger partial charge in [-0.25, -0.2) is 4.39 Å². The maximum absolute atomic E-state index is 13.4. The highest BCUT2D eigenvalue weighted by atomic mass is 19.1. The molecule has 0 aliphatic rings. The van der Waals surface area contributed by atoms with E-state index in [4.69, 9.17) is 4.74 Å². The first kappa shape index (κ1) is 14.8. The van der Waals surface area contributed by atoms with Gasteiger partial charge in [0.1, 0.15) is 23.2 Å². The number of aromatic amines is 1. The highest BCUT2D eigenvalue weighted by Gasteiger charge is 2.15. The SMILES string of the molecule is CCCOc1cc(F)ccc1-c1cc(C)[nH]c(=O)c1C#N. The van der Waals surface area contributed by atoms with E-state index in [1.807, 2.05) is 13.0 Å². The molecule has 2 rings (SSSR count). The van der Waals surface area contributed by atoms with Crippen LogP contribution in [-0.4, -0.2) is 11.6 Å². The fraction of sp³-hybridized carbons (Fsp3) is 0.250. The summed E-state index contributed by atoms with van der Waals surface area (Å²) in [5.41, 5.74) is 1.15. The molecule has 0 bridgehead atoms. The lowest BCUT2D eigenvalue weighted by Gasteiger charge is -2.12. The second kappa shape index (κ2) is 6.23. The van der Waals surface area contributed by atoms with Gasteiger partial charge in [0, 0.05) is 22.9 Å². The summed E-state index contributed by atoms with van der Waals surface area (Å²) in [6.07, 6.45) is 0.773. The Balaban J connectivity index is 2.67. The van der Waals surface area contributed by atoms with Crippen molar-refractivity contribution in [2.45, 2.75) is 20.3 Å². The number of hydrogen-bond acceptors (Lipinski definition) is 3. The molecule has 1 N–H and O–H groups in total. The minimum atomic E-state index is -0.460. The molecule has 0 saturated carbocycles. The maximum Gasteiger partial charge on any atom is 0.266 e. The standard InChI is InChI=1S/C16H15FN2O2/c1-3-6-21-15-8-11(17)4-5-12(15)13-7-10(2)19-16(20)14(13)9-18/h4-5,7-8H,3,6H2,1-2H3,(H,19,20). The highest BCUT2D eigenvalue weighted by Crippen LogP contribution is 2.32. The van der Waals surface area contributed by atoms with E-state index in [-0.39, 0.29) is 5.56 Å². The van der Waals surface area contributed by atoms with Crippen LogP contribution in [0.25, 0.3) is 11.1 Å². The molecule has 0 unspecified atom stereocenters. The molecular formula is C16H15FN2O2. The first-order valence-corrected chi connectivity index (χ1v) is 6.63. The Morgan fingerprint density at radius 1 is 1.33 bits per heavy atom. The molecule has 0 amide bonds. The van der Waals surface area contributed by atoms with Crippen LogP contribution in [0.4, 0.5) is 4.39 Å². The van der Waals surface area contributed by atoms with Crippen LogP contribution in [0, 0.1) is 24.1 Å². The van der Waals surface area contributed by atoms with Gasteiger partial charge >= 0.3 is 0 Å². The van der Waals surface area contributed by atoms with Gasteiger partial charge < -0.3 is 9.72 Å². The van der Waals surface area contributed by atoms with E-state index in [1.165, 1.54) is 18.2 Å².